The van der Waals surface area contributed by atoms with Crippen LogP contribution in [0.3, 0.4) is 0 Å². The number of carbonyl (C=O) groups excluding carboxylic acids is 1. The lowest BCUT2D eigenvalue weighted by molar-refractivity contribution is 0.0955. The lowest BCUT2D eigenvalue weighted by atomic mass is 9.89. The first-order valence-electron chi connectivity index (χ1n) is 6.96. The Balaban J connectivity index is 2.03. The van der Waals surface area contributed by atoms with Crippen LogP contribution in [0, 0.1) is 19.7 Å². The average Bonchev–Trinajstić information content (AvgIpc) is 2.81. The van der Waals surface area contributed by atoms with Crippen molar-refractivity contribution >= 4 is 5.78 Å². The van der Waals surface area contributed by atoms with Crippen LogP contribution < -0.4 is 0 Å². The molecule has 20 heavy (non-hydrogen) atoms. The molecular formula is C18H17FO. The standard InChI is InChI=1S/C18H17FO/c1-11-9-12(2)17(16(19)10-11)18(20)15-8-7-13-5-3-4-6-14(13)15/h3-6,9-10,15H,7-8H2,1-2H3. The molecule has 1 nitrogen and oxygen atoms in total. The van der Waals surface area contributed by atoms with E-state index in [1.54, 1.807) is 0 Å². The van der Waals surface area contributed by atoms with Crippen molar-refractivity contribution in [3.05, 3.63) is 70.0 Å². The molecule has 0 heterocycles. The molecular weight excluding hydrogens is 251 g/mol. The minimum absolute atomic E-state index is 0.0787. The van der Waals surface area contributed by atoms with Gasteiger partial charge in [0.2, 0.25) is 0 Å². The number of hydrogen-bond acceptors (Lipinski definition) is 1. The summed E-state index contributed by atoms with van der Waals surface area (Å²) < 4.78 is 14.2. The monoisotopic (exact) mass is 268 g/mol. The van der Waals surface area contributed by atoms with Gasteiger partial charge < -0.3 is 0 Å². The molecule has 0 amide bonds. The highest BCUT2D eigenvalue weighted by Crippen LogP contribution is 2.36. The lowest BCUT2D eigenvalue weighted by Gasteiger charge is -2.14. The molecule has 1 aliphatic rings. The van der Waals surface area contributed by atoms with Gasteiger partial charge in [0.15, 0.2) is 5.78 Å². The van der Waals surface area contributed by atoms with E-state index in [9.17, 15) is 9.18 Å². The lowest BCUT2D eigenvalue weighted by Crippen LogP contribution is -2.14. The molecule has 0 radical (unpaired) electrons. The van der Waals surface area contributed by atoms with Gasteiger partial charge in [0.25, 0.3) is 0 Å². The Morgan fingerprint density at radius 2 is 1.95 bits per heavy atom. The Morgan fingerprint density at radius 3 is 2.70 bits per heavy atom. The molecule has 102 valence electrons. The van der Waals surface area contributed by atoms with Gasteiger partial charge in [-0.2, -0.15) is 0 Å². The quantitative estimate of drug-likeness (QED) is 0.740. The molecule has 1 unspecified atom stereocenters. The van der Waals surface area contributed by atoms with E-state index in [-0.39, 0.29) is 17.3 Å². The highest BCUT2D eigenvalue weighted by atomic mass is 19.1. The summed E-state index contributed by atoms with van der Waals surface area (Å²) in [6, 6.07) is 11.3. The largest absolute Gasteiger partial charge is 0.293 e. The summed E-state index contributed by atoms with van der Waals surface area (Å²) in [5, 5.41) is 0. The number of hydrogen-bond donors (Lipinski definition) is 0. The fourth-order valence-electron chi connectivity index (χ4n) is 3.23. The molecule has 0 saturated carbocycles. The molecule has 1 atom stereocenters. The normalized spacial score (nSPS) is 17.1. The first-order valence-corrected chi connectivity index (χ1v) is 6.96. The molecule has 0 spiro atoms. The number of halogens is 1. The van der Waals surface area contributed by atoms with Crippen molar-refractivity contribution in [1.82, 2.24) is 0 Å². The third kappa shape index (κ3) is 2.05. The highest BCUT2D eigenvalue weighted by Gasteiger charge is 2.31. The Kier molecular flexibility index (Phi) is 3.17. The van der Waals surface area contributed by atoms with Crippen molar-refractivity contribution in [3.8, 4) is 0 Å². The van der Waals surface area contributed by atoms with E-state index in [1.165, 1.54) is 11.6 Å². The number of aryl methyl sites for hydroxylation is 3. The highest BCUT2D eigenvalue weighted by molar-refractivity contribution is 6.03. The Labute approximate surface area is 118 Å². The minimum atomic E-state index is -0.392. The number of ketones is 1. The number of fused-ring (bicyclic) bond motifs is 1. The van der Waals surface area contributed by atoms with Crippen LogP contribution in [0.15, 0.2) is 36.4 Å². The zero-order chi connectivity index (χ0) is 14.3. The SMILES string of the molecule is Cc1cc(C)c(C(=O)C2CCc3ccccc32)c(F)c1. The molecule has 2 heteroatoms. The van der Waals surface area contributed by atoms with Crippen LogP contribution in [-0.4, -0.2) is 5.78 Å². The number of carbonyl (C=O) groups is 1. The molecule has 0 bridgehead atoms. The summed E-state index contributed by atoms with van der Waals surface area (Å²) in [7, 11) is 0. The van der Waals surface area contributed by atoms with Crippen molar-refractivity contribution < 1.29 is 9.18 Å². The fraction of sp³-hybridized carbons (Fsp3) is 0.278. The topological polar surface area (TPSA) is 17.1 Å². The summed E-state index contributed by atoms with van der Waals surface area (Å²) in [5.41, 5.74) is 4.13. The second-order valence-corrected chi connectivity index (χ2v) is 5.59. The Hall–Kier alpha value is -1.96. The molecule has 1 aliphatic carbocycles. The van der Waals surface area contributed by atoms with Crippen LogP contribution in [-0.2, 0) is 6.42 Å². The van der Waals surface area contributed by atoms with E-state index in [0.717, 1.165) is 29.5 Å². The molecule has 3 rings (SSSR count). The summed E-state index contributed by atoms with van der Waals surface area (Å²) in [6.45, 7) is 3.65. The van der Waals surface area contributed by atoms with Crippen LogP contribution in [0.1, 0.15) is 45.0 Å². The first-order chi connectivity index (χ1) is 9.58. The molecule has 2 aromatic rings. The van der Waals surface area contributed by atoms with Gasteiger partial charge in [0, 0.05) is 5.92 Å². The Bertz CT molecular complexity index is 665. The van der Waals surface area contributed by atoms with Gasteiger partial charge in [-0.05, 0) is 55.0 Å². The van der Waals surface area contributed by atoms with Gasteiger partial charge in [-0.15, -0.1) is 0 Å². The van der Waals surface area contributed by atoms with Gasteiger partial charge in [-0.1, -0.05) is 30.3 Å². The summed E-state index contributed by atoms with van der Waals surface area (Å²) >= 11 is 0. The zero-order valence-electron chi connectivity index (χ0n) is 11.7. The Morgan fingerprint density at radius 1 is 1.20 bits per heavy atom. The molecule has 2 aromatic carbocycles. The van der Waals surface area contributed by atoms with E-state index in [2.05, 4.69) is 6.07 Å². The van der Waals surface area contributed by atoms with Gasteiger partial charge in [-0.3, -0.25) is 4.79 Å². The summed E-state index contributed by atoms with van der Waals surface area (Å²) in [6.07, 6.45) is 1.68. The molecule has 0 saturated heterocycles. The third-order valence-electron chi connectivity index (χ3n) is 4.13. The molecule has 0 aromatic heterocycles. The summed E-state index contributed by atoms with van der Waals surface area (Å²) in [5.74, 6) is -0.663. The van der Waals surface area contributed by atoms with E-state index in [1.807, 2.05) is 38.1 Å². The summed E-state index contributed by atoms with van der Waals surface area (Å²) in [4.78, 5) is 12.7. The number of rotatable bonds is 2. The van der Waals surface area contributed by atoms with E-state index >= 15 is 0 Å². The van der Waals surface area contributed by atoms with Gasteiger partial charge in [0.1, 0.15) is 5.82 Å². The second-order valence-electron chi connectivity index (χ2n) is 5.59. The molecule has 0 N–H and O–H groups in total. The van der Waals surface area contributed by atoms with Crippen molar-refractivity contribution in [2.75, 3.05) is 0 Å². The predicted molar refractivity (Wildman–Crippen MR) is 77.7 cm³/mol. The van der Waals surface area contributed by atoms with Crippen LogP contribution in [0.4, 0.5) is 4.39 Å². The fourth-order valence-corrected chi connectivity index (χ4v) is 3.23. The molecule has 0 aliphatic heterocycles. The first kappa shape index (κ1) is 13.0. The van der Waals surface area contributed by atoms with Crippen molar-refractivity contribution in [2.24, 2.45) is 0 Å². The minimum Gasteiger partial charge on any atom is -0.293 e. The predicted octanol–water partition coefficient (Wildman–Crippen LogP) is 4.36. The number of benzene rings is 2. The van der Waals surface area contributed by atoms with E-state index in [4.69, 9.17) is 0 Å². The third-order valence-corrected chi connectivity index (χ3v) is 4.13. The zero-order valence-corrected chi connectivity index (χ0v) is 11.7. The van der Waals surface area contributed by atoms with Crippen molar-refractivity contribution in [2.45, 2.75) is 32.6 Å². The van der Waals surface area contributed by atoms with E-state index < -0.39 is 5.82 Å². The maximum atomic E-state index is 14.2. The van der Waals surface area contributed by atoms with Crippen LogP contribution in [0.5, 0.6) is 0 Å². The van der Waals surface area contributed by atoms with Gasteiger partial charge in [0.05, 0.1) is 5.56 Å². The van der Waals surface area contributed by atoms with Gasteiger partial charge in [-0.25, -0.2) is 4.39 Å². The van der Waals surface area contributed by atoms with Crippen LogP contribution in [0.25, 0.3) is 0 Å². The van der Waals surface area contributed by atoms with Gasteiger partial charge >= 0.3 is 0 Å². The van der Waals surface area contributed by atoms with Crippen molar-refractivity contribution in [1.29, 1.82) is 0 Å². The van der Waals surface area contributed by atoms with E-state index in [0.29, 0.717) is 0 Å². The smallest absolute Gasteiger partial charge is 0.173 e. The maximum absolute atomic E-state index is 14.2. The maximum Gasteiger partial charge on any atom is 0.173 e. The average molecular weight is 268 g/mol. The number of Topliss-reactive ketones (excluding diaryl/α,β-unsaturated/α-hetero) is 1. The van der Waals surface area contributed by atoms with Crippen LogP contribution in [0.2, 0.25) is 0 Å². The van der Waals surface area contributed by atoms with Crippen molar-refractivity contribution in [3.63, 3.8) is 0 Å². The molecule has 0 fully saturated rings. The second kappa shape index (κ2) is 4.86. The van der Waals surface area contributed by atoms with Crippen LogP contribution >= 0.6 is 0 Å².